The molecule has 0 aliphatic carbocycles. The van der Waals surface area contributed by atoms with Gasteiger partial charge in [0, 0.05) is 17.6 Å². The zero-order chi connectivity index (χ0) is 13.4. The monoisotopic (exact) mass is 250 g/mol. The smallest absolute Gasteiger partial charge is 0.146 e. The Bertz CT molecular complexity index is 408. The van der Waals surface area contributed by atoms with Gasteiger partial charge in [-0.05, 0) is 52.8 Å². The molecule has 2 rings (SSSR count). The molecule has 0 unspecified atom stereocenters. The minimum atomic E-state index is -0.138. The van der Waals surface area contributed by atoms with Gasteiger partial charge in [-0.2, -0.15) is 0 Å². The van der Waals surface area contributed by atoms with E-state index in [0.29, 0.717) is 5.69 Å². The predicted octanol–water partition coefficient (Wildman–Crippen LogP) is 3.18. The summed E-state index contributed by atoms with van der Waals surface area (Å²) in [5, 5.41) is 3.45. The molecule has 1 aromatic rings. The summed E-state index contributed by atoms with van der Waals surface area (Å²) in [7, 11) is 0. The lowest BCUT2D eigenvalue weighted by Crippen LogP contribution is -2.57. The van der Waals surface area contributed by atoms with Gasteiger partial charge in [-0.15, -0.1) is 0 Å². The number of rotatable bonds is 1. The maximum atomic E-state index is 14.1. The fourth-order valence-electron chi connectivity index (χ4n) is 3.08. The number of anilines is 1. The van der Waals surface area contributed by atoms with Crippen LogP contribution in [0.4, 0.5) is 10.1 Å². The average Bonchev–Trinajstić information content (AvgIpc) is 2.36. The number of halogens is 1. The Kier molecular flexibility index (Phi) is 3.37. The van der Waals surface area contributed by atoms with Crippen LogP contribution in [-0.4, -0.2) is 24.2 Å². The highest BCUT2D eigenvalue weighted by molar-refractivity contribution is 5.53. The minimum absolute atomic E-state index is 0.0603. The lowest BCUT2D eigenvalue weighted by Gasteiger charge is -2.48. The minimum Gasteiger partial charge on any atom is -0.358 e. The molecule has 0 bridgehead atoms. The van der Waals surface area contributed by atoms with Gasteiger partial charge in [-0.25, -0.2) is 4.39 Å². The summed E-state index contributed by atoms with van der Waals surface area (Å²) in [6.07, 6.45) is 1.00. The molecule has 1 N–H and O–H groups in total. The van der Waals surface area contributed by atoms with E-state index in [1.54, 1.807) is 12.1 Å². The lowest BCUT2D eigenvalue weighted by atomic mass is 9.91. The lowest BCUT2D eigenvalue weighted by molar-refractivity contribution is 0.352. The average molecular weight is 250 g/mol. The quantitative estimate of drug-likeness (QED) is 0.823. The fourth-order valence-corrected chi connectivity index (χ4v) is 3.08. The van der Waals surface area contributed by atoms with Crippen LogP contribution in [0.2, 0.25) is 0 Å². The zero-order valence-corrected chi connectivity index (χ0v) is 11.8. The second-order valence-corrected chi connectivity index (χ2v) is 6.34. The van der Waals surface area contributed by atoms with Crippen LogP contribution in [0.5, 0.6) is 0 Å². The molecule has 0 amide bonds. The summed E-state index contributed by atoms with van der Waals surface area (Å²) in [4.78, 5) is 2.23. The molecule has 0 saturated carbocycles. The summed E-state index contributed by atoms with van der Waals surface area (Å²) in [5.41, 5.74) is 0.536. The molecular formula is C15H23FN2. The molecule has 2 nitrogen and oxygen atoms in total. The number of nitrogens with one attached hydrogen (secondary N) is 1. The Labute approximate surface area is 109 Å². The molecule has 100 valence electrons. The van der Waals surface area contributed by atoms with E-state index in [4.69, 9.17) is 0 Å². The molecule has 18 heavy (non-hydrogen) atoms. The molecule has 1 aromatic carbocycles. The third-order valence-electron chi connectivity index (χ3n) is 3.78. The molecule has 0 spiro atoms. The highest BCUT2D eigenvalue weighted by atomic mass is 19.1. The third kappa shape index (κ3) is 2.37. The molecule has 1 aliphatic heterocycles. The first-order valence-corrected chi connectivity index (χ1v) is 6.60. The number of benzene rings is 1. The van der Waals surface area contributed by atoms with E-state index < -0.39 is 0 Å². The van der Waals surface area contributed by atoms with Crippen LogP contribution < -0.4 is 10.2 Å². The van der Waals surface area contributed by atoms with E-state index in [2.05, 4.69) is 37.9 Å². The van der Waals surface area contributed by atoms with Crippen LogP contribution in [0.15, 0.2) is 24.3 Å². The number of hydrogen-bond donors (Lipinski definition) is 1. The Balaban J connectivity index is 2.51. The number of nitrogens with zero attached hydrogens (tertiary/aromatic N) is 1. The van der Waals surface area contributed by atoms with Gasteiger partial charge >= 0.3 is 0 Å². The summed E-state index contributed by atoms with van der Waals surface area (Å²) in [5.74, 6) is -0.138. The molecular weight excluding hydrogens is 227 g/mol. The fraction of sp³-hybridized carbons (Fsp3) is 0.600. The Morgan fingerprint density at radius 3 is 2.44 bits per heavy atom. The molecule has 3 heteroatoms. The van der Waals surface area contributed by atoms with Gasteiger partial charge < -0.3 is 10.2 Å². The first-order valence-electron chi connectivity index (χ1n) is 6.60. The van der Waals surface area contributed by atoms with E-state index >= 15 is 0 Å². The van der Waals surface area contributed by atoms with Crippen molar-refractivity contribution in [3.63, 3.8) is 0 Å². The van der Waals surface area contributed by atoms with Crippen molar-refractivity contribution in [2.24, 2.45) is 0 Å². The van der Waals surface area contributed by atoms with E-state index in [9.17, 15) is 4.39 Å². The molecule has 1 aliphatic rings. The van der Waals surface area contributed by atoms with Crippen molar-refractivity contribution in [2.75, 3.05) is 18.0 Å². The van der Waals surface area contributed by atoms with Gasteiger partial charge in [-0.3, -0.25) is 0 Å². The Morgan fingerprint density at radius 2 is 1.78 bits per heavy atom. The molecule has 0 atom stereocenters. The second kappa shape index (κ2) is 4.54. The first kappa shape index (κ1) is 13.3. The largest absolute Gasteiger partial charge is 0.358 e. The topological polar surface area (TPSA) is 15.3 Å². The number of hydrogen-bond acceptors (Lipinski definition) is 2. The van der Waals surface area contributed by atoms with Crippen molar-refractivity contribution in [1.82, 2.24) is 5.32 Å². The van der Waals surface area contributed by atoms with Gasteiger partial charge in [0.2, 0.25) is 0 Å². The van der Waals surface area contributed by atoms with Crippen molar-refractivity contribution in [1.29, 1.82) is 0 Å². The molecule has 1 heterocycles. The standard InChI is InChI=1S/C15H23FN2/c1-14(2)9-10-17-11-15(3,4)18(14)13-8-6-5-7-12(13)16/h5-8,17H,9-11H2,1-4H3. The maximum absolute atomic E-state index is 14.1. The Hall–Kier alpha value is -1.09. The molecule has 0 aromatic heterocycles. The van der Waals surface area contributed by atoms with Gasteiger partial charge in [0.05, 0.1) is 5.69 Å². The van der Waals surface area contributed by atoms with E-state index in [1.807, 2.05) is 12.1 Å². The van der Waals surface area contributed by atoms with Crippen LogP contribution in [0, 0.1) is 5.82 Å². The van der Waals surface area contributed by atoms with Gasteiger partial charge in [0.1, 0.15) is 5.82 Å². The van der Waals surface area contributed by atoms with Crippen LogP contribution in [0.1, 0.15) is 34.1 Å². The van der Waals surface area contributed by atoms with Gasteiger partial charge in [-0.1, -0.05) is 12.1 Å². The van der Waals surface area contributed by atoms with Crippen molar-refractivity contribution in [3.8, 4) is 0 Å². The summed E-state index contributed by atoms with van der Waals surface area (Å²) in [6.45, 7) is 10.5. The number of para-hydroxylation sites is 1. The van der Waals surface area contributed by atoms with Crippen molar-refractivity contribution in [2.45, 2.75) is 45.2 Å². The second-order valence-electron chi connectivity index (χ2n) is 6.34. The normalized spacial score (nSPS) is 22.6. The van der Waals surface area contributed by atoms with Gasteiger partial charge in [0.15, 0.2) is 0 Å². The van der Waals surface area contributed by atoms with E-state index in [-0.39, 0.29) is 16.9 Å². The van der Waals surface area contributed by atoms with Crippen molar-refractivity contribution in [3.05, 3.63) is 30.1 Å². The van der Waals surface area contributed by atoms with E-state index in [0.717, 1.165) is 19.5 Å². The predicted molar refractivity (Wildman–Crippen MR) is 74.5 cm³/mol. The molecule has 1 fully saturated rings. The summed E-state index contributed by atoms with van der Waals surface area (Å²) < 4.78 is 14.1. The zero-order valence-electron chi connectivity index (χ0n) is 11.8. The molecule has 0 radical (unpaired) electrons. The highest BCUT2D eigenvalue weighted by Gasteiger charge is 2.40. The van der Waals surface area contributed by atoms with Crippen LogP contribution in [-0.2, 0) is 0 Å². The van der Waals surface area contributed by atoms with Crippen molar-refractivity contribution >= 4 is 5.69 Å². The van der Waals surface area contributed by atoms with Crippen molar-refractivity contribution < 1.29 is 4.39 Å². The summed E-state index contributed by atoms with van der Waals surface area (Å²) >= 11 is 0. The Morgan fingerprint density at radius 1 is 1.11 bits per heavy atom. The first-order chi connectivity index (χ1) is 8.34. The van der Waals surface area contributed by atoms with Crippen LogP contribution in [0.25, 0.3) is 0 Å². The van der Waals surface area contributed by atoms with Crippen LogP contribution >= 0.6 is 0 Å². The maximum Gasteiger partial charge on any atom is 0.146 e. The van der Waals surface area contributed by atoms with E-state index in [1.165, 1.54) is 0 Å². The van der Waals surface area contributed by atoms with Crippen LogP contribution in [0.3, 0.4) is 0 Å². The third-order valence-corrected chi connectivity index (χ3v) is 3.78. The SMILES string of the molecule is CC1(C)CCNCC(C)(C)N1c1ccccc1F. The summed E-state index contributed by atoms with van der Waals surface area (Å²) in [6, 6.07) is 7.07. The highest BCUT2D eigenvalue weighted by Crippen LogP contribution is 2.36. The molecule has 1 saturated heterocycles. The van der Waals surface area contributed by atoms with Gasteiger partial charge in [0.25, 0.3) is 0 Å².